The summed E-state index contributed by atoms with van der Waals surface area (Å²) in [6.07, 6.45) is 2.26. The normalized spacial score (nSPS) is 14.0. The second-order valence-electron chi connectivity index (χ2n) is 6.57. The maximum Gasteiger partial charge on any atom is 0.264 e. The van der Waals surface area contributed by atoms with Crippen LogP contribution in [0.2, 0.25) is 0 Å². The van der Waals surface area contributed by atoms with Crippen LogP contribution in [0.15, 0.2) is 60.7 Å². The SMILES string of the molecule is Cc1cc(-c2ccc(-c3ccccc3)cc2)sc1C(=O)N1CCCC1. The van der Waals surface area contributed by atoms with Crippen molar-refractivity contribution in [1.82, 2.24) is 4.90 Å². The van der Waals surface area contributed by atoms with E-state index in [1.54, 1.807) is 11.3 Å². The Balaban J connectivity index is 1.60. The van der Waals surface area contributed by atoms with E-state index in [9.17, 15) is 4.79 Å². The van der Waals surface area contributed by atoms with Crippen molar-refractivity contribution in [3.05, 3.63) is 71.1 Å². The summed E-state index contributed by atoms with van der Waals surface area (Å²) in [5.74, 6) is 0.201. The van der Waals surface area contributed by atoms with Crippen LogP contribution in [0, 0.1) is 6.92 Å². The van der Waals surface area contributed by atoms with Crippen LogP contribution < -0.4 is 0 Å². The van der Waals surface area contributed by atoms with Crippen LogP contribution in [-0.4, -0.2) is 23.9 Å². The Morgan fingerprint density at radius 2 is 1.48 bits per heavy atom. The third kappa shape index (κ3) is 3.24. The van der Waals surface area contributed by atoms with Gasteiger partial charge in [0.25, 0.3) is 5.91 Å². The molecule has 0 aliphatic carbocycles. The number of aryl methyl sites for hydroxylation is 1. The van der Waals surface area contributed by atoms with Gasteiger partial charge in [0, 0.05) is 18.0 Å². The van der Waals surface area contributed by atoms with Gasteiger partial charge in [0.2, 0.25) is 0 Å². The number of carbonyl (C=O) groups excluding carboxylic acids is 1. The monoisotopic (exact) mass is 347 g/mol. The second kappa shape index (κ2) is 6.85. The summed E-state index contributed by atoms with van der Waals surface area (Å²) in [5, 5.41) is 0. The molecular formula is C22H21NOS. The van der Waals surface area contributed by atoms with E-state index in [2.05, 4.69) is 54.6 Å². The van der Waals surface area contributed by atoms with Gasteiger partial charge in [0.1, 0.15) is 0 Å². The molecule has 126 valence electrons. The van der Waals surface area contributed by atoms with Gasteiger partial charge in [0.05, 0.1) is 4.88 Å². The van der Waals surface area contributed by atoms with Gasteiger partial charge in [-0.1, -0.05) is 54.6 Å². The first-order chi connectivity index (χ1) is 12.2. The van der Waals surface area contributed by atoms with Crippen LogP contribution in [0.3, 0.4) is 0 Å². The molecule has 1 fully saturated rings. The largest absolute Gasteiger partial charge is 0.338 e. The summed E-state index contributed by atoms with van der Waals surface area (Å²) in [5.41, 5.74) is 4.70. The van der Waals surface area contributed by atoms with Crippen molar-refractivity contribution in [2.75, 3.05) is 13.1 Å². The molecule has 2 nitrogen and oxygen atoms in total. The molecule has 25 heavy (non-hydrogen) atoms. The van der Waals surface area contributed by atoms with E-state index in [1.165, 1.54) is 21.6 Å². The Bertz CT molecular complexity index is 874. The number of nitrogens with zero attached hydrogens (tertiary/aromatic N) is 1. The molecule has 4 rings (SSSR count). The van der Waals surface area contributed by atoms with Crippen LogP contribution in [0.4, 0.5) is 0 Å². The lowest BCUT2D eigenvalue weighted by Gasteiger charge is -2.14. The molecule has 0 atom stereocenters. The molecule has 2 heterocycles. The Hall–Kier alpha value is -2.39. The zero-order valence-corrected chi connectivity index (χ0v) is 15.2. The van der Waals surface area contributed by atoms with E-state index in [1.807, 2.05) is 17.9 Å². The second-order valence-corrected chi connectivity index (χ2v) is 7.62. The molecule has 0 saturated carbocycles. The number of amides is 1. The molecule has 0 spiro atoms. The summed E-state index contributed by atoms with van der Waals surface area (Å²) >= 11 is 1.62. The van der Waals surface area contributed by atoms with Crippen molar-refractivity contribution in [2.24, 2.45) is 0 Å². The number of hydrogen-bond donors (Lipinski definition) is 0. The Kier molecular flexibility index (Phi) is 4.41. The predicted octanol–water partition coefficient (Wildman–Crippen LogP) is 5.63. The minimum Gasteiger partial charge on any atom is -0.338 e. The highest BCUT2D eigenvalue weighted by Gasteiger charge is 2.23. The fourth-order valence-corrected chi connectivity index (χ4v) is 4.50. The summed E-state index contributed by atoms with van der Waals surface area (Å²) in [6.45, 7) is 3.84. The highest BCUT2D eigenvalue weighted by molar-refractivity contribution is 7.17. The zero-order chi connectivity index (χ0) is 17.2. The Morgan fingerprint density at radius 3 is 2.16 bits per heavy atom. The molecule has 0 unspecified atom stereocenters. The van der Waals surface area contributed by atoms with Crippen molar-refractivity contribution < 1.29 is 4.79 Å². The van der Waals surface area contributed by atoms with Gasteiger partial charge in [-0.3, -0.25) is 4.79 Å². The fourth-order valence-electron chi connectivity index (χ4n) is 3.36. The van der Waals surface area contributed by atoms with E-state index in [4.69, 9.17) is 0 Å². The summed E-state index contributed by atoms with van der Waals surface area (Å²) in [7, 11) is 0. The average Bonchev–Trinajstić information content (AvgIpc) is 3.32. The molecule has 0 radical (unpaired) electrons. The third-order valence-electron chi connectivity index (χ3n) is 4.78. The first-order valence-electron chi connectivity index (χ1n) is 8.78. The zero-order valence-electron chi connectivity index (χ0n) is 14.4. The minimum absolute atomic E-state index is 0.201. The molecule has 1 saturated heterocycles. The van der Waals surface area contributed by atoms with Gasteiger partial charge < -0.3 is 4.90 Å². The van der Waals surface area contributed by atoms with Gasteiger partial charge in [0.15, 0.2) is 0 Å². The van der Waals surface area contributed by atoms with Crippen LogP contribution in [0.5, 0.6) is 0 Å². The van der Waals surface area contributed by atoms with Gasteiger partial charge in [-0.25, -0.2) is 0 Å². The summed E-state index contributed by atoms with van der Waals surface area (Å²) in [6, 6.07) is 21.1. The number of thiophene rings is 1. The molecule has 0 bridgehead atoms. The summed E-state index contributed by atoms with van der Waals surface area (Å²) < 4.78 is 0. The molecule has 0 N–H and O–H groups in total. The maximum absolute atomic E-state index is 12.7. The highest BCUT2D eigenvalue weighted by atomic mass is 32.1. The van der Waals surface area contributed by atoms with Gasteiger partial charge >= 0.3 is 0 Å². The third-order valence-corrected chi connectivity index (χ3v) is 6.06. The molecule has 1 aliphatic heterocycles. The molecule has 1 amide bonds. The molecule has 3 aromatic rings. The number of benzene rings is 2. The fraction of sp³-hybridized carbons (Fsp3) is 0.227. The molecule has 3 heteroatoms. The lowest BCUT2D eigenvalue weighted by Crippen LogP contribution is -2.27. The Labute approximate surface area is 152 Å². The van der Waals surface area contributed by atoms with Gasteiger partial charge in [-0.05, 0) is 48.1 Å². The highest BCUT2D eigenvalue weighted by Crippen LogP contribution is 2.33. The number of carbonyl (C=O) groups is 1. The van der Waals surface area contributed by atoms with Crippen LogP contribution >= 0.6 is 11.3 Å². The van der Waals surface area contributed by atoms with Crippen molar-refractivity contribution >= 4 is 17.2 Å². The summed E-state index contributed by atoms with van der Waals surface area (Å²) in [4.78, 5) is 16.7. The van der Waals surface area contributed by atoms with E-state index in [-0.39, 0.29) is 5.91 Å². The van der Waals surface area contributed by atoms with Crippen molar-refractivity contribution in [1.29, 1.82) is 0 Å². The van der Waals surface area contributed by atoms with Gasteiger partial charge in [-0.2, -0.15) is 0 Å². The first-order valence-corrected chi connectivity index (χ1v) is 9.59. The molecule has 2 aromatic carbocycles. The maximum atomic E-state index is 12.7. The van der Waals surface area contributed by atoms with E-state index >= 15 is 0 Å². The van der Waals surface area contributed by atoms with Crippen LogP contribution in [0.25, 0.3) is 21.6 Å². The molecule has 1 aromatic heterocycles. The van der Waals surface area contributed by atoms with E-state index in [0.717, 1.165) is 36.4 Å². The lowest BCUT2D eigenvalue weighted by molar-refractivity contribution is 0.0797. The molecular weight excluding hydrogens is 326 g/mol. The number of likely N-dealkylation sites (tertiary alicyclic amines) is 1. The van der Waals surface area contributed by atoms with Gasteiger partial charge in [-0.15, -0.1) is 11.3 Å². The topological polar surface area (TPSA) is 20.3 Å². The predicted molar refractivity (Wildman–Crippen MR) is 105 cm³/mol. The van der Waals surface area contributed by atoms with Crippen molar-refractivity contribution in [3.63, 3.8) is 0 Å². The van der Waals surface area contributed by atoms with E-state index in [0.29, 0.717) is 0 Å². The quantitative estimate of drug-likeness (QED) is 0.601. The van der Waals surface area contributed by atoms with Crippen LogP contribution in [-0.2, 0) is 0 Å². The average molecular weight is 347 g/mol. The van der Waals surface area contributed by atoms with Crippen LogP contribution in [0.1, 0.15) is 28.1 Å². The smallest absolute Gasteiger partial charge is 0.264 e. The number of hydrogen-bond acceptors (Lipinski definition) is 2. The lowest BCUT2D eigenvalue weighted by atomic mass is 10.0. The Morgan fingerprint density at radius 1 is 0.880 bits per heavy atom. The molecule has 1 aliphatic rings. The standard InChI is InChI=1S/C22H21NOS/c1-16-15-20(25-21(16)22(24)23-13-5-6-14-23)19-11-9-18(10-12-19)17-7-3-2-4-8-17/h2-4,7-12,15H,5-6,13-14H2,1H3. The minimum atomic E-state index is 0.201. The van der Waals surface area contributed by atoms with Crippen molar-refractivity contribution in [3.8, 4) is 21.6 Å². The first kappa shape index (κ1) is 16.1. The van der Waals surface area contributed by atoms with Crippen molar-refractivity contribution in [2.45, 2.75) is 19.8 Å². The number of rotatable bonds is 3. The van der Waals surface area contributed by atoms with E-state index < -0.39 is 0 Å².